The van der Waals surface area contributed by atoms with E-state index in [9.17, 15) is 19.3 Å². The molecule has 0 bridgehead atoms. The van der Waals surface area contributed by atoms with Crippen LogP contribution in [0, 0.1) is 15.9 Å². The fourth-order valence-electron chi connectivity index (χ4n) is 1.73. The fourth-order valence-corrected chi connectivity index (χ4v) is 2.00. The standard InChI is InChI=1S/C10H8ClFN2O3/c11-6-1-10(15)13(5-6)8-2-7(12)3-9(4-8)14(16)17/h2-4,6H,1,5H2. The van der Waals surface area contributed by atoms with E-state index >= 15 is 0 Å². The third kappa shape index (κ3) is 2.36. The molecule has 5 nitrogen and oxygen atoms in total. The van der Waals surface area contributed by atoms with Gasteiger partial charge in [-0.2, -0.15) is 0 Å². The van der Waals surface area contributed by atoms with Crippen LogP contribution in [0.15, 0.2) is 18.2 Å². The van der Waals surface area contributed by atoms with Gasteiger partial charge in [0.05, 0.1) is 22.1 Å². The fraction of sp³-hybridized carbons (Fsp3) is 0.300. The first-order valence-electron chi connectivity index (χ1n) is 4.87. The molecule has 7 heteroatoms. The molecule has 0 spiro atoms. The highest BCUT2D eigenvalue weighted by molar-refractivity contribution is 6.24. The second-order valence-corrected chi connectivity index (χ2v) is 4.35. The third-order valence-corrected chi connectivity index (χ3v) is 2.76. The first-order valence-corrected chi connectivity index (χ1v) is 5.30. The van der Waals surface area contributed by atoms with E-state index < -0.39 is 10.7 Å². The first kappa shape index (κ1) is 11.8. The van der Waals surface area contributed by atoms with Crippen molar-refractivity contribution in [3.63, 3.8) is 0 Å². The quantitative estimate of drug-likeness (QED) is 0.463. The van der Waals surface area contributed by atoms with Gasteiger partial charge in [-0.15, -0.1) is 11.6 Å². The summed E-state index contributed by atoms with van der Waals surface area (Å²) in [5.41, 5.74) is -0.212. The van der Waals surface area contributed by atoms with Crippen molar-refractivity contribution >= 4 is 28.9 Å². The number of hydrogen-bond acceptors (Lipinski definition) is 3. The van der Waals surface area contributed by atoms with E-state index in [1.54, 1.807) is 0 Å². The molecule has 1 aromatic rings. The number of carbonyl (C=O) groups is 1. The largest absolute Gasteiger partial charge is 0.311 e. The topological polar surface area (TPSA) is 63.5 Å². The van der Waals surface area contributed by atoms with E-state index in [-0.39, 0.29) is 35.6 Å². The molecule has 0 N–H and O–H groups in total. The number of halogens is 2. The van der Waals surface area contributed by atoms with Crippen LogP contribution in [0.2, 0.25) is 0 Å². The molecular weight excluding hydrogens is 251 g/mol. The molecule has 1 aliphatic rings. The number of rotatable bonds is 2. The maximum Gasteiger partial charge on any atom is 0.274 e. The molecule has 1 saturated heterocycles. The van der Waals surface area contributed by atoms with Crippen LogP contribution in [0.5, 0.6) is 0 Å². The zero-order chi connectivity index (χ0) is 12.6. The Bertz CT molecular complexity index is 494. The summed E-state index contributed by atoms with van der Waals surface area (Å²) in [5, 5.41) is 10.2. The minimum absolute atomic E-state index is 0.159. The van der Waals surface area contributed by atoms with Crippen LogP contribution in [-0.2, 0) is 4.79 Å². The lowest BCUT2D eigenvalue weighted by Gasteiger charge is -2.15. The Balaban J connectivity index is 2.39. The van der Waals surface area contributed by atoms with Gasteiger partial charge < -0.3 is 4.90 Å². The van der Waals surface area contributed by atoms with Crippen molar-refractivity contribution in [2.24, 2.45) is 0 Å². The second-order valence-electron chi connectivity index (χ2n) is 3.73. The number of benzene rings is 1. The summed E-state index contributed by atoms with van der Waals surface area (Å²) in [6.45, 7) is 0.237. The van der Waals surface area contributed by atoms with Crippen molar-refractivity contribution in [2.45, 2.75) is 11.8 Å². The van der Waals surface area contributed by atoms with Crippen molar-refractivity contribution in [2.75, 3.05) is 11.4 Å². The summed E-state index contributed by atoms with van der Waals surface area (Å²) in [6.07, 6.45) is 0.159. The number of nitro benzene ring substituents is 1. The zero-order valence-electron chi connectivity index (χ0n) is 8.60. The average Bonchev–Trinajstić information content (AvgIpc) is 2.57. The molecule has 90 valence electrons. The van der Waals surface area contributed by atoms with E-state index in [0.29, 0.717) is 0 Å². The van der Waals surface area contributed by atoms with Gasteiger partial charge in [0.25, 0.3) is 5.69 Å². The number of carbonyl (C=O) groups excluding carboxylic acids is 1. The van der Waals surface area contributed by atoms with Gasteiger partial charge in [0.1, 0.15) is 5.82 Å². The zero-order valence-corrected chi connectivity index (χ0v) is 9.35. The van der Waals surface area contributed by atoms with Crippen molar-refractivity contribution in [3.8, 4) is 0 Å². The van der Waals surface area contributed by atoms with E-state index in [2.05, 4.69) is 0 Å². The van der Waals surface area contributed by atoms with Gasteiger partial charge in [-0.3, -0.25) is 14.9 Å². The summed E-state index contributed by atoms with van der Waals surface area (Å²) < 4.78 is 13.2. The van der Waals surface area contributed by atoms with Gasteiger partial charge in [0.15, 0.2) is 0 Å². The predicted molar refractivity (Wildman–Crippen MR) is 59.7 cm³/mol. The molecule has 2 rings (SSSR count). The highest BCUT2D eigenvalue weighted by atomic mass is 35.5. The van der Waals surface area contributed by atoms with Crippen molar-refractivity contribution in [3.05, 3.63) is 34.1 Å². The van der Waals surface area contributed by atoms with Crippen LogP contribution in [0.1, 0.15) is 6.42 Å². The van der Waals surface area contributed by atoms with Gasteiger partial charge in [-0.05, 0) is 6.07 Å². The van der Waals surface area contributed by atoms with Gasteiger partial charge in [-0.1, -0.05) is 0 Å². The van der Waals surface area contributed by atoms with Crippen molar-refractivity contribution in [1.29, 1.82) is 0 Å². The summed E-state index contributed by atoms with van der Waals surface area (Å²) in [5.74, 6) is -1.01. The minimum Gasteiger partial charge on any atom is -0.311 e. The van der Waals surface area contributed by atoms with Gasteiger partial charge in [-0.25, -0.2) is 4.39 Å². The van der Waals surface area contributed by atoms with Crippen LogP contribution in [0.4, 0.5) is 15.8 Å². The monoisotopic (exact) mass is 258 g/mol. The van der Waals surface area contributed by atoms with Gasteiger partial charge >= 0.3 is 0 Å². The molecular formula is C10H8ClFN2O3. The van der Waals surface area contributed by atoms with Crippen LogP contribution >= 0.6 is 11.6 Å². The smallest absolute Gasteiger partial charge is 0.274 e. The Kier molecular flexibility index (Phi) is 2.97. The molecule has 0 aliphatic carbocycles. The molecule has 1 fully saturated rings. The number of hydrogen-bond donors (Lipinski definition) is 0. The molecule has 1 atom stereocenters. The molecule has 1 aromatic carbocycles. The van der Waals surface area contributed by atoms with Crippen molar-refractivity contribution < 1.29 is 14.1 Å². The molecule has 17 heavy (non-hydrogen) atoms. The van der Waals surface area contributed by atoms with E-state index in [1.165, 1.54) is 4.90 Å². The lowest BCUT2D eigenvalue weighted by molar-refractivity contribution is -0.385. The van der Waals surface area contributed by atoms with E-state index in [0.717, 1.165) is 18.2 Å². The molecule has 1 aliphatic heterocycles. The number of nitro groups is 1. The third-order valence-electron chi connectivity index (χ3n) is 2.47. The predicted octanol–water partition coefficient (Wildman–Crippen LogP) is 2.08. The van der Waals surface area contributed by atoms with E-state index in [4.69, 9.17) is 11.6 Å². The maximum absolute atomic E-state index is 13.2. The SMILES string of the molecule is O=C1CC(Cl)CN1c1cc(F)cc([N+](=O)[O-])c1. The normalized spacial score (nSPS) is 19.8. The first-order chi connectivity index (χ1) is 7.97. The summed E-state index contributed by atoms with van der Waals surface area (Å²) in [7, 11) is 0. The molecule has 1 heterocycles. The Morgan fingerprint density at radius 3 is 2.71 bits per heavy atom. The Labute approximate surface area is 101 Å². The van der Waals surface area contributed by atoms with Gasteiger partial charge in [0.2, 0.25) is 5.91 Å². The number of amides is 1. The number of nitrogens with zero attached hydrogens (tertiary/aromatic N) is 2. The lowest BCUT2D eigenvalue weighted by atomic mass is 10.2. The lowest BCUT2D eigenvalue weighted by Crippen LogP contribution is -2.24. The molecule has 0 radical (unpaired) electrons. The Morgan fingerprint density at radius 2 is 2.18 bits per heavy atom. The summed E-state index contributed by atoms with van der Waals surface area (Å²) in [4.78, 5) is 22.7. The average molecular weight is 259 g/mol. The molecule has 1 unspecified atom stereocenters. The van der Waals surface area contributed by atoms with Crippen LogP contribution in [0.3, 0.4) is 0 Å². The second kappa shape index (κ2) is 4.29. The summed E-state index contributed by atoms with van der Waals surface area (Å²) in [6, 6.07) is 3.05. The molecule has 0 aromatic heterocycles. The maximum atomic E-state index is 13.2. The van der Waals surface area contributed by atoms with E-state index in [1.807, 2.05) is 0 Å². The van der Waals surface area contributed by atoms with Crippen LogP contribution in [0.25, 0.3) is 0 Å². The highest BCUT2D eigenvalue weighted by Crippen LogP contribution is 2.28. The minimum atomic E-state index is -0.750. The van der Waals surface area contributed by atoms with Crippen LogP contribution < -0.4 is 4.90 Å². The number of anilines is 1. The highest BCUT2D eigenvalue weighted by Gasteiger charge is 2.30. The molecule has 1 amide bonds. The Hall–Kier alpha value is -1.69. The van der Waals surface area contributed by atoms with Crippen molar-refractivity contribution in [1.82, 2.24) is 0 Å². The number of non-ortho nitro benzene ring substituents is 1. The number of alkyl halides is 1. The summed E-state index contributed by atoms with van der Waals surface area (Å²) >= 11 is 5.80. The van der Waals surface area contributed by atoms with Gasteiger partial charge in [0, 0.05) is 19.0 Å². The van der Waals surface area contributed by atoms with Crippen LogP contribution in [-0.4, -0.2) is 22.8 Å². The molecule has 0 saturated carbocycles. The Morgan fingerprint density at radius 1 is 1.47 bits per heavy atom.